The number of hydrogen-bond donors (Lipinski definition) is 0. The van der Waals surface area contributed by atoms with Crippen molar-refractivity contribution in [3.63, 3.8) is 0 Å². The summed E-state index contributed by atoms with van der Waals surface area (Å²) >= 11 is 0. The van der Waals surface area contributed by atoms with Gasteiger partial charge in [0.05, 0.1) is 7.11 Å². The van der Waals surface area contributed by atoms with E-state index in [1.807, 2.05) is 12.1 Å². The zero-order chi connectivity index (χ0) is 12.1. The van der Waals surface area contributed by atoms with E-state index in [9.17, 15) is 0 Å². The van der Waals surface area contributed by atoms with Crippen molar-refractivity contribution in [3.05, 3.63) is 29.8 Å². The number of rotatable bonds is 5. The Balaban J connectivity index is 2.67. The van der Waals surface area contributed by atoms with Crippen LogP contribution in [0.15, 0.2) is 24.3 Å². The van der Waals surface area contributed by atoms with Gasteiger partial charge in [0.2, 0.25) is 0 Å². The molecule has 0 saturated heterocycles. The summed E-state index contributed by atoms with van der Waals surface area (Å²) in [6.07, 6.45) is 0. The molecule has 2 nitrogen and oxygen atoms in total. The molecule has 0 spiro atoms. The summed E-state index contributed by atoms with van der Waals surface area (Å²) in [6, 6.07) is 8.78. The minimum atomic E-state index is 0.452. The fourth-order valence-electron chi connectivity index (χ4n) is 1.87. The third-order valence-electron chi connectivity index (χ3n) is 2.91. The number of hydrogen-bond acceptors (Lipinski definition) is 2. The summed E-state index contributed by atoms with van der Waals surface area (Å²) in [4.78, 5) is 2.38. The molecule has 0 amide bonds. The lowest BCUT2D eigenvalue weighted by atomic mass is 10.1. The van der Waals surface area contributed by atoms with Gasteiger partial charge in [0.25, 0.3) is 0 Å². The Morgan fingerprint density at radius 2 is 1.69 bits per heavy atom. The zero-order valence-electron chi connectivity index (χ0n) is 11.0. The number of methoxy groups -OCH3 is 1. The molecule has 0 aliphatic rings. The predicted molar refractivity (Wildman–Crippen MR) is 68.9 cm³/mol. The van der Waals surface area contributed by atoms with Gasteiger partial charge in [-0.25, -0.2) is 0 Å². The van der Waals surface area contributed by atoms with Gasteiger partial charge in [-0.15, -0.1) is 0 Å². The second-order valence-electron chi connectivity index (χ2n) is 4.78. The summed E-state index contributed by atoms with van der Waals surface area (Å²) in [5, 5.41) is 0. The van der Waals surface area contributed by atoms with Crippen LogP contribution in [0.2, 0.25) is 0 Å². The van der Waals surface area contributed by atoms with Gasteiger partial charge >= 0.3 is 0 Å². The lowest BCUT2D eigenvalue weighted by molar-refractivity contribution is 0.233. The smallest absolute Gasteiger partial charge is 0.118 e. The molecule has 1 rings (SSSR count). The molecule has 0 aliphatic carbocycles. The molecule has 0 bridgehead atoms. The molecule has 1 unspecified atom stereocenters. The van der Waals surface area contributed by atoms with Crippen molar-refractivity contribution >= 4 is 0 Å². The van der Waals surface area contributed by atoms with E-state index < -0.39 is 0 Å². The summed E-state index contributed by atoms with van der Waals surface area (Å²) in [5.74, 6) is 1.62. The summed E-state index contributed by atoms with van der Waals surface area (Å²) < 4.78 is 5.16. The van der Waals surface area contributed by atoms with Crippen molar-refractivity contribution in [1.29, 1.82) is 0 Å². The fraction of sp³-hybridized carbons (Fsp3) is 0.571. The van der Waals surface area contributed by atoms with E-state index in [1.54, 1.807) is 7.11 Å². The van der Waals surface area contributed by atoms with Crippen LogP contribution in [-0.2, 0) is 0 Å². The molecule has 0 N–H and O–H groups in total. The summed E-state index contributed by atoms with van der Waals surface area (Å²) in [7, 11) is 3.87. The van der Waals surface area contributed by atoms with Crippen LogP contribution >= 0.6 is 0 Å². The first kappa shape index (κ1) is 13.0. The van der Waals surface area contributed by atoms with Crippen molar-refractivity contribution in [2.45, 2.75) is 26.8 Å². The fourth-order valence-corrected chi connectivity index (χ4v) is 1.87. The standard InChI is InChI=1S/C14H23NO/c1-11(2)10-15(4)12(3)13-6-8-14(16-5)9-7-13/h6-9,11-12H,10H2,1-5H3. The van der Waals surface area contributed by atoms with Crippen LogP contribution in [0.4, 0.5) is 0 Å². The van der Waals surface area contributed by atoms with Gasteiger partial charge < -0.3 is 4.74 Å². The molecule has 0 heterocycles. The minimum Gasteiger partial charge on any atom is -0.497 e. The van der Waals surface area contributed by atoms with Crippen LogP contribution in [0.3, 0.4) is 0 Å². The Morgan fingerprint density at radius 3 is 2.12 bits per heavy atom. The molecule has 1 aromatic rings. The lowest BCUT2D eigenvalue weighted by Gasteiger charge is -2.26. The van der Waals surface area contributed by atoms with Crippen molar-refractivity contribution < 1.29 is 4.74 Å². The molecule has 16 heavy (non-hydrogen) atoms. The van der Waals surface area contributed by atoms with Gasteiger partial charge in [-0.1, -0.05) is 26.0 Å². The van der Waals surface area contributed by atoms with E-state index in [0.29, 0.717) is 12.0 Å². The van der Waals surface area contributed by atoms with Gasteiger partial charge in [0.15, 0.2) is 0 Å². The quantitative estimate of drug-likeness (QED) is 0.756. The maximum atomic E-state index is 5.16. The molecule has 2 heteroatoms. The normalized spacial score (nSPS) is 13.2. The SMILES string of the molecule is COc1ccc(C(C)N(C)CC(C)C)cc1. The van der Waals surface area contributed by atoms with Crippen LogP contribution in [0.1, 0.15) is 32.4 Å². The van der Waals surface area contributed by atoms with Crippen LogP contribution in [-0.4, -0.2) is 25.6 Å². The largest absolute Gasteiger partial charge is 0.497 e. The molecular formula is C14H23NO. The monoisotopic (exact) mass is 221 g/mol. The first-order valence-electron chi connectivity index (χ1n) is 5.88. The lowest BCUT2D eigenvalue weighted by Crippen LogP contribution is -2.26. The minimum absolute atomic E-state index is 0.452. The van der Waals surface area contributed by atoms with Crippen LogP contribution in [0.25, 0.3) is 0 Å². The highest BCUT2D eigenvalue weighted by molar-refractivity contribution is 5.28. The predicted octanol–water partition coefficient (Wildman–Crippen LogP) is 3.34. The van der Waals surface area contributed by atoms with Gasteiger partial charge in [-0.05, 0) is 37.6 Å². The Bertz CT molecular complexity index is 305. The average molecular weight is 221 g/mol. The highest BCUT2D eigenvalue weighted by Gasteiger charge is 2.12. The van der Waals surface area contributed by atoms with Gasteiger partial charge in [0.1, 0.15) is 5.75 Å². The van der Waals surface area contributed by atoms with Gasteiger partial charge in [-0.2, -0.15) is 0 Å². The molecule has 0 saturated carbocycles. The molecule has 0 radical (unpaired) electrons. The van der Waals surface area contributed by atoms with Crippen molar-refractivity contribution in [3.8, 4) is 5.75 Å². The maximum Gasteiger partial charge on any atom is 0.118 e. The maximum absolute atomic E-state index is 5.16. The highest BCUT2D eigenvalue weighted by Crippen LogP contribution is 2.22. The zero-order valence-corrected chi connectivity index (χ0v) is 11.0. The molecule has 0 fully saturated rings. The molecule has 0 aliphatic heterocycles. The Morgan fingerprint density at radius 1 is 1.12 bits per heavy atom. The number of benzene rings is 1. The molecule has 1 aromatic carbocycles. The average Bonchev–Trinajstić information content (AvgIpc) is 2.27. The Hall–Kier alpha value is -1.02. The van der Waals surface area contributed by atoms with Crippen molar-refractivity contribution in [1.82, 2.24) is 4.90 Å². The second kappa shape index (κ2) is 5.90. The topological polar surface area (TPSA) is 12.5 Å². The third-order valence-corrected chi connectivity index (χ3v) is 2.91. The molecule has 90 valence electrons. The van der Waals surface area contributed by atoms with E-state index in [-0.39, 0.29) is 0 Å². The number of ether oxygens (including phenoxy) is 1. The molecular weight excluding hydrogens is 198 g/mol. The summed E-state index contributed by atoms with van der Waals surface area (Å²) in [6.45, 7) is 7.85. The second-order valence-corrected chi connectivity index (χ2v) is 4.78. The highest BCUT2D eigenvalue weighted by atomic mass is 16.5. The Labute approximate surface area is 99.2 Å². The van der Waals surface area contributed by atoms with Crippen LogP contribution < -0.4 is 4.74 Å². The molecule has 0 aromatic heterocycles. The van der Waals surface area contributed by atoms with E-state index in [4.69, 9.17) is 4.74 Å². The molecule has 1 atom stereocenters. The third kappa shape index (κ3) is 3.53. The van der Waals surface area contributed by atoms with E-state index in [2.05, 4.69) is 44.9 Å². The first-order chi connectivity index (χ1) is 7.54. The van der Waals surface area contributed by atoms with E-state index in [1.165, 1.54) is 5.56 Å². The first-order valence-corrected chi connectivity index (χ1v) is 5.88. The van der Waals surface area contributed by atoms with Gasteiger partial charge in [-0.3, -0.25) is 4.90 Å². The van der Waals surface area contributed by atoms with Crippen LogP contribution in [0.5, 0.6) is 5.75 Å². The van der Waals surface area contributed by atoms with E-state index in [0.717, 1.165) is 12.3 Å². The Kier molecular flexibility index (Phi) is 4.81. The van der Waals surface area contributed by atoms with Crippen molar-refractivity contribution in [2.75, 3.05) is 20.7 Å². The summed E-state index contributed by atoms with van der Waals surface area (Å²) in [5.41, 5.74) is 1.34. The number of nitrogens with zero attached hydrogens (tertiary/aromatic N) is 1. The van der Waals surface area contributed by atoms with E-state index >= 15 is 0 Å². The van der Waals surface area contributed by atoms with Crippen LogP contribution in [0, 0.1) is 5.92 Å². The van der Waals surface area contributed by atoms with Gasteiger partial charge in [0, 0.05) is 12.6 Å². The van der Waals surface area contributed by atoms with Crippen molar-refractivity contribution in [2.24, 2.45) is 5.92 Å².